The first-order valence-electron chi connectivity index (χ1n) is 9.75. The lowest BCUT2D eigenvalue weighted by Crippen LogP contribution is -2.43. The van der Waals surface area contributed by atoms with E-state index in [2.05, 4.69) is 10.6 Å². The fourth-order valence-corrected chi connectivity index (χ4v) is 2.95. The minimum absolute atomic E-state index is 0.0665. The summed E-state index contributed by atoms with van der Waals surface area (Å²) in [5, 5.41) is 5.73. The molecule has 1 saturated heterocycles. The molecule has 0 aliphatic carbocycles. The van der Waals surface area contributed by atoms with Gasteiger partial charge >= 0.3 is 6.09 Å². The molecule has 0 spiro atoms. The van der Waals surface area contributed by atoms with Crippen molar-refractivity contribution in [3.05, 3.63) is 29.8 Å². The molecule has 2 rings (SSSR count). The second kappa shape index (κ2) is 9.08. The summed E-state index contributed by atoms with van der Waals surface area (Å²) in [6, 6.07) is 6.90. The van der Waals surface area contributed by atoms with Gasteiger partial charge in [-0.15, -0.1) is 0 Å². The zero-order valence-corrected chi connectivity index (χ0v) is 17.4. The zero-order valence-electron chi connectivity index (χ0n) is 17.4. The molecule has 0 aromatic heterocycles. The van der Waals surface area contributed by atoms with Crippen LogP contribution >= 0.6 is 0 Å². The number of ether oxygens (including phenoxy) is 1. The van der Waals surface area contributed by atoms with E-state index in [0.29, 0.717) is 37.2 Å². The van der Waals surface area contributed by atoms with Gasteiger partial charge in [0, 0.05) is 36.3 Å². The normalized spacial score (nSPS) is 15.3. The average molecular weight is 389 g/mol. The lowest BCUT2D eigenvalue weighted by Gasteiger charge is -2.32. The molecule has 154 valence electrons. The summed E-state index contributed by atoms with van der Waals surface area (Å²) in [5.74, 6) is -0.354. The van der Waals surface area contributed by atoms with Crippen LogP contribution in [0.1, 0.15) is 57.8 Å². The van der Waals surface area contributed by atoms with Crippen molar-refractivity contribution in [2.75, 3.05) is 18.4 Å². The molecule has 1 aliphatic heterocycles. The maximum atomic E-state index is 12.5. The molecule has 1 aromatic rings. The smallest absolute Gasteiger partial charge is 0.410 e. The van der Waals surface area contributed by atoms with Gasteiger partial charge in [-0.3, -0.25) is 9.59 Å². The Bertz CT molecular complexity index is 699. The van der Waals surface area contributed by atoms with Crippen molar-refractivity contribution in [2.45, 2.75) is 59.1 Å². The molecule has 1 aliphatic rings. The summed E-state index contributed by atoms with van der Waals surface area (Å²) in [6.45, 7) is 10.3. The molecule has 2 N–H and O–H groups in total. The van der Waals surface area contributed by atoms with Gasteiger partial charge in [0.15, 0.2) is 0 Å². The number of benzene rings is 1. The number of anilines is 1. The fraction of sp³-hybridized carbons (Fsp3) is 0.571. The van der Waals surface area contributed by atoms with Gasteiger partial charge in [-0.1, -0.05) is 0 Å². The van der Waals surface area contributed by atoms with Gasteiger partial charge in [0.05, 0.1) is 0 Å². The highest BCUT2D eigenvalue weighted by molar-refractivity contribution is 5.96. The fourth-order valence-electron chi connectivity index (χ4n) is 2.95. The third kappa shape index (κ3) is 6.55. The number of rotatable bonds is 4. The minimum Gasteiger partial charge on any atom is -0.444 e. The quantitative estimate of drug-likeness (QED) is 0.826. The number of carbonyl (C=O) groups excluding carboxylic acids is 3. The second-order valence-corrected chi connectivity index (χ2v) is 8.44. The number of hydrogen-bond donors (Lipinski definition) is 2. The zero-order chi connectivity index (χ0) is 20.9. The molecule has 3 amide bonds. The SMILES string of the molecule is CC(C)NC(=O)c1ccc(NC(=O)C2CCN(C(=O)OC(C)(C)C)CC2)cc1. The molecule has 28 heavy (non-hydrogen) atoms. The summed E-state index contributed by atoms with van der Waals surface area (Å²) in [7, 11) is 0. The Morgan fingerprint density at radius 2 is 1.64 bits per heavy atom. The Labute approximate surface area is 166 Å². The van der Waals surface area contributed by atoms with E-state index in [1.165, 1.54) is 0 Å². The summed E-state index contributed by atoms with van der Waals surface area (Å²) < 4.78 is 5.38. The second-order valence-electron chi connectivity index (χ2n) is 8.44. The van der Waals surface area contributed by atoms with Gasteiger partial charge < -0.3 is 20.3 Å². The van der Waals surface area contributed by atoms with E-state index in [9.17, 15) is 14.4 Å². The van der Waals surface area contributed by atoms with Crippen LogP contribution in [-0.4, -0.2) is 47.5 Å². The van der Waals surface area contributed by atoms with Crippen molar-refractivity contribution >= 4 is 23.6 Å². The van der Waals surface area contributed by atoms with Crippen molar-refractivity contribution in [2.24, 2.45) is 5.92 Å². The van der Waals surface area contributed by atoms with Gasteiger partial charge in [0.2, 0.25) is 5.91 Å². The number of nitrogens with zero attached hydrogens (tertiary/aromatic N) is 1. The van der Waals surface area contributed by atoms with Crippen molar-refractivity contribution in [1.82, 2.24) is 10.2 Å². The Hall–Kier alpha value is -2.57. The first kappa shape index (κ1) is 21.7. The molecule has 0 radical (unpaired) electrons. The van der Waals surface area contributed by atoms with Crippen molar-refractivity contribution in [3.8, 4) is 0 Å². The Balaban J connectivity index is 1.84. The molecule has 7 nitrogen and oxygen atoms in total. The third-order valence-corrected chi connectivity index (χ3v) is 4.35. The van der Waals surface area contributed by atoms with Gasteiger partial charge in [0.1, 0.15) is 5.60 Å². The number of hydrogen-bond acceptors (Lipinski definition) is 4. The van der Waals surface area contributed by atoms with Gasteiger partial charge in [0.25, 0.3) is 5.91 Å². The van der Waals surface area contributed by atoms with Crippen LogP contribution in [0.15, 0.2) is 24.3 Å². The predicted molar refractivity (Wildman–Crippen MR) is 108 cm³/mol. The minimum atomic E-state index is -0.524. The number of piperidine rings is 1. The predicted octanol–water partition coefficient (Wildman–Crippen LogP) is 3.41. The molecule has 0 bridgehead atoms. The Morgan fingerprint density at radius 1 is 1.07 bits per heavy atom. The first-order chi connectivity index (χ1) is 13.0. The summed E-state index contributed by atoms with van der Waals surface area (Å²) in [5.41, 5.74) is 0.682. The molecule has 1 fully saturated rings. The third-order valence-electron chi connectivity index (χ3n) is 4.35. The lowest BCUT2D eigenvalue weighted by atomic mass is 9.96. The van der Waals surface area contributed by atoms with Gasteiger partial charge in [-0.2, -0.15) is 0 Å². The van der Waals surface area contributed by atoms with Crippen molar-refractivity contribution < 1.29 is 19.1 Å². The molecule has 7 heteroatoms. The van der Waals surface area contributed by atoms with Crippen molar-refractivity contribution in [1.29, 1.82) is 0 Å². The van der Waals surface area contributed by atoms with Gasteiger partial charge in [-0.05, 0) is 71.7 Å². The van der Waals surface area contributed by atoms with E-state index in [1.807, 2.05) is 34.6 Å². The molecule has 0 unspecified atom stereocenters. The summed E-state index contributed by atoms with van der Waals surface area (Å²) in [6.07, 6.45) is 0.863. The van der Waals surface area contributed by atoms with Crippen LogP contribution in [0.4, 0.5) is 10.5 Å². The Kier molecular flexibility index (Phi) is 7.05. The van der Waals surface area contributed by atoms with Crippen LogP contribution in [0.2, 0.25) is 0 Å². The summed E-state index contributed by atoms with van der Waals surface area (Å²) >= 11 is 0. The number of likely N-dealkylation sites (tertiary alicyclic amines) is 1. The molecular formula is C21H31N3O4. The van der Waals surface area contributed by atoms with Crippen LogP contribution in [0.5, 0.6) is 0 Å². The van der Waals surface area contributed by atoms with Crippen LogP contribution in [0, 0.1) is 5.92 Å². The van der Waals surface area contributed by atoms with Crippen LogP contribution in [-0.2, 0) is 9.53 Å². The topological polar surface area (TPSA) is 87.7 Å². The largest absolute Gasteiger partial charge is 0.444 e. The van der Waals surface area contributed by atoms with Crippen molar-refractivity contribution in [3.63, 3.8) is 0 Å². The Morgan fingerprint density at radius 3 is 2.14 bits per heavy atom. The number of amides is 3. The average Bonchev–Trinajstić information content (AvgIpc) is 2.60. The van der Waals surface area contributed by atoms with E-state index >= 15 is 0 Å². The van der Waals surface area contributed by atoms with Crippen LogP contribution < -0.4 is 10.6 Å². The maximum absolute atomic E-state index is 12.5. The molecule has 1 aromatic carbocycles. The van der Waals surface area contributed by atoms with E-state index in [1.54, 1.807) is 29.2 Å². The lowest BCUT2D eigenvalue weighted by molar-refractivity contribution is -0.121. The molecule has 1 heterocycles. The maximum Gasteiger partial charge on any atom is 0.410 e. The highest BCUT2D eigenvalue weighted by Crippen LogP contribution is 2.21. The monoisotopic (exact) mass is 389 g/mol. The standard InChI is InChI=1S/C21H31N3O4/c1-14(2)22-18(25)15-6-8-17(9-7-15)23-19(26)16-10-12-24(13-11-16)20(27)28-21(3,4)5/h6-9,14,16H,10-13H2,1-5H3,(H,22,25)(H,23,26). The van der Waals surface area contributed by atoms with Crippen LogP contribution in [0.3, 0.4) is 0 Å². The van der Waals surface area contributed by atoms with E-state index < -0.39 is 5.60 Å². The van der Waals surface area contributed by atoms with E-state index in [4.69, 9.17) is 4.74 Å². The molecule has 0 atom stereocenters. The number of nitrogens with one attached hydrogen (secondary N) is 2. The van der Waals surface area contributed by atoms with Crippen LogP contribution in [0.25, 0.3) is 0 Å². The number of carbonyl (C=O) groups is 3. The molecule has 0 saturated carbocycles. The first-order valence-corrected chi connectivity index (χ1v) is 9.75. The highest BCUT2D eigenvalue weighted by Gasteiger charge is 2.29. The van der Waals surface area contributed by atoms with E-state index in [0.717, 1.165) is 0 Å². The molecular weight excluding hydrogens is 358 g/mol. The van der Waals surface area contributed by atoms with Gasteiger partial charge in [-0.25, -0.2) is 4.79 Å². The highest BCUT2D eigenvalue weighted by atomic mass is 16.6. The van der Waals surface area contributed by atoms with E-state index in [-0.39, 0.29) is 29.9 Å². The summed E-state index contributed by atoms with van der Waals surface area (Å²) in [4.78, 5) is 38.2.